The second-order valence-corrected chi connectivity index (χ2v) is 5.42. The topological polar surface area (TPSA) is 119 Å². The van der Waals surface area contributed by atoms with Gasteiger partial charge in [-0.25, -0.2) is 9.59 Å². The fraction of sp³-hybridized carbons (Fsp3) is 0.111. The van der Waals surface area contributed by atoms with Crippen molar-refractivity contribution in [2.75, 3.05) is 0 Å². The van der Waals surface area contributed by atoms with Gasteiger partial charge in [0.2, 0.25) is 0 Å². The van der Waals surface area contributed by atoms with Gasteiger partial charge in [-0.1, -0.05) is 36.4 Å². The summed E-state index contributed by atoms with van der Waals surface area (Å²) in [5, 5.41) is 12.3. The maximum Gasteiger partial charge on any atom is 0.341 e. The summed E-state index contributed by atoms with van der Waals surface area (Å²) in [6.45, 7) is 0. The molecule has 1 fully saturated rings. The zero-order chi connectivity index (χ0) is 18.7. The quantitative estimate of drug-likeness (QED) is 0.463. The number of aliphatic hydroxyl groups is 1. The van der Waals surface area contributed by atoms with Gasteiger partial charge >= 0.3 is 23.6 Å². The Bertz CT molecular complexity index is 866. The van der Waals surface area contributed by atoms with Crippen LogP contribution in [-0.2, 0) is 19.1 Å². The minimum atomic E-state index is -2.96. The Morgan fingerprint density at radius 2 is 1.38 bits per heavy atom. The molecule has 0 aliphatic carbocycles. The molecule has 0 aromatic heterocycles. The summed E-state index contributed by atoms with van der Waals surface area (Å²) in [5.74, 6) is -7.37. The van der Waals surface area contributed by atoms with Crippen LogP contribution in [0.25, 0.3) is 0 Å². The highest BCUT2D eigenvalue weighted by molar-refractivity contribution is 6.11. The van der Waals surface area contributed by atoms with E-state index in [2.05, 4.69) is 0 Å². The molecule has 1 heterocycles. The normalized spacial score (nSPS) is 21.8. The van der Waals surface area contributed by atoms with E-state index in [1.54, 1.807) is 41.7 Å². The molecule has 1 aliphatic rings. The smallest absolute Gasteiger partial charge is 0.341 e. The summed E-state index contributed by atoms with van der Waals surface area (Å²) >= 11 is 0. The molecule has 8 nitrogen and oxygen atoms in total. The Balaban J connectivity index is 1.83. The maximum atomic E-state index is 12.1. The SMILES string of the molecule is O=C(OC1C(=O)NC(=O)C1(O)OC(=O)c1ccccc1)c1ccccc1. The van der Waals surface area contributed by atoms with E-state index in [-0.39, 0.29) is 11.1 Å². The predicted molar refractivity (Wildman–Crippen MR) is 85.6 cm³/mol. The van der Waals surface area contributed by atoms with E-state index in [9.17, 15) is 24.3 Å². The minimum Gasteiger partial charge on any atom is -0.441 e. The van der Waals surface area contributed by atoms with E-state index in [0.29, 0.717) is 0 Å². The maximum absolute atomic E-state index is 12.1. The van der Waals surface area contributed by atoms with Gasteiger partial charge in [0.25, 0.3) is 12.0 Å². The van der Waals surface area contributed by atoms with Crippen molar-refractivity contribution in [3.8, 4) is 0 Å². The van der Waals surface area contributed by atoms with E-state index in [1.807, 2.05) is 0 Å². The summed E-state index contributed by atoms with van der Waals surface area (Å²) in [7, 11) is 0. The number of nitrogens with one attached hydrogen (secondary N) is 1. The second-order valence-electron chi connectivity index (χ2n) is 5.42. The molecule has 2 unspecified atom stereocenters. The molecule has 0 radical (unpaired) electrons. The average Bonchev–Trinajstić information content (AvgIpc) is 2.86. The van der Waals surface area contributed by atoms with Crippen LogP contribution in [0.15, 0.2) is 60.7 Å². The lowest BCUT2D eigenvalue weighted by atomic mass is 10.1. The van der Waals surface area contributed by atoms with Crippen LogP contribution in [0.1, 0.15) is 20.7 Å². The van der Waals surface area contributed by atoms with Crippen molar-refractivity contribution in [3.63, 3.8) is 0 Å². The van der Waals surface area contributed by atoms with E-state index < -0.39 is 35.6 Å². The summed E-state index contributed by atoms with van der Waals surface area (Å²) in [5.41, 5.74) is 0.137. The zero-order valence-electron chi connectivity index (χ0n) is 13.2. The molecule has 26 heavy (non-hydrogen) atoms. The molecular formula is C18H13NO7. The molecule has 8 heteroatoms. The third-order valence-electron chi connectivity index (χ3n) is 3.65. The third kappa shape index (κ3) is 3.17. The number of carbonyl (C=O) groups excluding carboxylic acids is 4. The lowest BCUT2D eigenvalue weighted by Crippen LogP contribution is -2.51. The number of amides is 2. The van der Waals surface area contributed by atoms with Crippen molar-refractivity contribution in [1.82, 2.24) is 5.32 Å². The molecule has 2 N–H and O–H groups in total. The first-order chi connectivity index (χ1) is 12.4. The van der Waals surface area contributed by atoms with Crippen molar-refractivity contribution >= 4 is 23.8 Å². The van der Waals surface area contributed by atoms with Crippen molar-refractivity contribution in [1.29, 1.82) is 0 Å². The highest BCUT2D eigenvalue weighted by atomic mass is 16.7. The van der Waals surface area contributed by atoms with Gasteiger partial charge in [0.1, 0.15) is 0 Å². The van der Waals surface area contributed by atoms with Crippen molar-refractivity contribution in [2.45, 2.75) is 11.9 Å². The van der Waals surface area contributed by atoms with Gasteiger partial charge in [-0.05, 0) is 24.3 Å². The Labute approximate surface area is 147 Å². The molecule has 2 aromatic carbocycles. The number of imide groups is 1. The molecule has 0 saturated carbocycles. The molecule has 2 atom stereocenters. The number of benzene rings is 2. The zero-order valence-corrected chi connectivity index (χ0v) is 13.2. The number of rotatable bonds is 4. The van der Waals surface area contributed by atoms with Gasteiger partial charge in [-0.3, -0.25) is 14.9 Å². The van der Waals surface area contributed by atoms with Crippen LogP contribution in [0.2, 0.25) is 0 Å². The van der Waals surface area contributed by atoms with Crippen LogP contribution >= 0.6 is 0 Å². The van der Waals surface area contributed by atoms with Crippen LogP contribution in [0, 0.1) is 0 Å². The number of ether oxygens (including phenoxy) is 2. The minimum absolute atomic E-state index is 0.0428. The molecule has 0 spiro atoms. The number of hydrogen-bond donors (Lipinski definition) is 2. The van der Waals surface area contributed by atoms with Crippen molar-refractivity contribution < 1.29 is 33.8 Å². The van der Waals surface area contributed by atoms with Crippen molar-refractivity contribution in [2.24, 2.45) is 0 Å². The Morgan fingerprint density at radius 1 is 0.885 bits per heavy atom. The summed E-state index contributed by atoms with van der Waals surface area (Å²) in [6.07, 6.45) is -2.03. The van der Waals surface area contributed by atoms with Crippen LogP contribution in [0.4, 0.5) is 0 Å². The fourth-order valence-electron chi connectivity index (χ4n) is 2.32. The highest BCUT2D eigenvalue weighted by Gasteiger charge is 2.61. The first-order valence-electron chi connectivity index (χ1n) is 7.54. The molecule has 2 amide bonds. The Hall–Kier alpha value is -3.52. The van der Waals surface area contributed by atoms with Gasteiger partial charge in [-0.15, -0.1) is 0 Å². The average molecular weight is 355 g/mol. The van der Waals surface area contributed by atoms with Gasteiger partial charge in [0, 0.05) is 0 Å². The molecule has 2 aromatic rings. The highest BCUT2D eigenvalue weighted by Crippen LogP contribution is 2.25. The summed E-state index contributed by atoms with van der Waals surface area (Å²) in [4.78, 5) is 48.2. The van der Waals surface area contributed by atoms with E-state index >= 15 is 0 Å². The summed E-state index contributed by atoms with van der Waals surface area (Å²) in [6, 6.07) is 15.2. The van der Waals surface area contributed by atoms with Crippen LogP contribution in [0.3, 0.4) is 0 Å². The molecule has 0 bridgehead atoms. The lowest BCUT2D eigenvalue weighted by Gasteiger charge is -2.24. The Morgan fingerprint density at radius 3 is 1.92 bits per heavy atom. The number of esters is 2. The number of carbonyl (C=O) groups is 4. The molecule has 1 saturated heterocycles. The van der Waals surface area contributed by atoms with Gasteiger partial charge < -0.3 is 14.6 Å². The first kappa shape index (κ1) is 17.3. The molecule has 132 valence electrons. The van der Waals surface area contributed by atoms with Crippen LogP contribution in [0.5, 0.6) is 0 Å². The second kappa shape index (κ2) is 6.77. The largest absolute Gasteiger partial charge is 0.441 e. The van der Waals surface area contributed by atoms with E-state index in [1.165, 1.54) is 24.3 Å². The molecule has 3 rings (SSSR count). The predicted octanol–water partition coefficient (Wildman–Crippen LogP) is 0.414. The number of hydrogen-bond acceptors (Lipinski definition) is 7. The summed E-state index contributed by atoms with van der Waals surface area (Å²) < 4.78 is 9.76. The van der Waals surface area contributed by atoms with Gasteiger partial charge in [0.15, 0.2) is 0 Å². The van der Waals surface area contributed by atoms with Crippen LogP contribution in [-0.4, -0.2) is 40.8 Å². The standard InChI is InChI=1S/C18H13NO7/c20-14-13(25-15(21)11-7-3-1-4-8-11)18(24,17(23)19-14)26-16(22)12-9-5-2-6-10-12/h1-10,13,24H,(H,19,20,23). The molecular weight excluding hydrogens is 342 g/mol. The molecule has 1 aliphatic heterocycles. The first-order valence-corrected chi connectivity index (χ1v) is 7.54. The van der Waals surface area contributed by atoms with E-state index in [0.717, 1.165) is 0 Å². The lowest BCUT2D eigenvalue weighted by molar-refractivity contribution is -0.206. The van der Waals surface area contributed by atoms with E-state index in [4.69, 9.17) is 9.47 Å². The third-order valence-corrected chi connectivity index (χ3v) is 3.65. The monoisotopic (exact) mass is 355 g/mol. The fourth-order valence-corrected chi connectivity index (χ4v) is 2.32. The van der Waals surface area contributed by atoms with Crippen molar-refractivity contribution in [3.05, 3.63) is 71.8 Å². The Kier molecular flexibility index (Phi) is 4.51. The van der Waals surface area contributed by atoms with Gasteiger partial charge in [-0.2, -0.15) is 0 Å². The van der Waals surface area contributed by atoms with Gasteiger partial charge in [0.05, 0.1) is 11.1 Å². The van der Waals surface area contributed by atoms with Crippen LogP contribution < -0.4 is 5.32 Å².